The van der Waals surface area contributed by atoms with Crippen LogP contribution in [0.3, 0.4) is 0 Å². The lowest BCUT2D eigenvalue weighted by molar-refractivity contribution is -0.137. The van der Waals surface area contributed by atoms with E-state index in [0.29, 0.717) is 43.0 Å². The molecule has 1 unspecified atom stereocenters. The van der Waals surface area contributed by atoms with Gasteiger partial charge >= 0.3 is 6.18 Å². The van der Waals surface area contributed by atoms with Crippen LogP contribution in [0.1, 0.15) is 36.4 Å². The topological polar surface area (TPSA) is 61.5 Å². The maximum Gasteiger partial charge on any atom is 0.416 e. The molecular weight excluding hydrogens is 416 g/mol. The molecule has 0 amide bonds. The summed E-state index contributed by atoms with van der Waals surface area (Å²) in [5.74, 6) is 0.869. The Hall–Kier alpha value is -2.33. The molecule has 2 aromatic rings. The number of anilines is 2. The zero-order valence-electron chi connectivity index (χ0n) is 18.1. The molecule has 10 heteroatoms. The molecule has 2 aliphatic heterocycles. The Balaban J connectivity index is 1.53. The van der Waals surface area contributed by atoms with Gasteiger partial charge in [0.1, 0.15) is 25.8 Å². The van der Waals surface area contributed by atoms with E-state index < -0.39 is 11.7 Å². The summed E-state index contributed by atoms with van der Waals surface area (Å²) >= 11 is 0. The molecule has 3 heterocycles. The maximum absolute atomic E-state index is 13.4. The number of piperidine rings is 1. The van der Waals surface area contributed by atoms with Crippen molar-refractivity contribution in [3.8, 4) is 0 Å². The Morgan fingerprint density at radius 1 is 1.00 bits per heavy atom. The number of benzene rings is 1. The number of halogens is 3. The van der Waals surface area contributed by atoms with E-state index in [1.807, 2.05) is 6.07 Å². The monoisotopic (exact) mass is 444 g/mol. The third kappa shape index (κ3) is 5.18. The van der Waals surface area contributed by atoms with E-state index in [1.165, 1.54) is 24.9 Å². The van der Waals surface area contributed by atoms with Crippen molar-refractivity contribution in [2.24, 2.45) is 0 Å². The van der Waals surface area contributed by atoms with Gasteiger partial charge < -0.3 is 15.5 Å². The molecule has 1 aromatic carbocycles. The molecule has 0 bridgehead atoms. The van der Waals surface area contributed by atoms with E-state index in [0.717, 1.165) is 38.5 Å². The zero-order valence-corrected chi connectivity index (χ0v) is 18.1. The van der Waals surface area contributed by atoms with Crippen LogP contribution in [0.25, 0.3) is 0 Å². The summed E-state index contributed by atoms with van der Waals surface area (Å²) in [5.41, 5.74) is 6.30. The summed E-state index contributed by atoms with van der Waals surface area (Å²) in [5, 5.41) is 0. The molecule has 2 N–H and O–H groups in total. The summed E-state index contributed by atoms with van der Waals surface area (Å²) in [6.45, 7) is 5.42. The Morgan fingerprint density at radius 3 is 2.41 bits per heavy atom. The van der Waals surface area contributed by atoms with Crippen LogP contribution < -0.4 is 16.1 Å². The van der Waals surface area contributed by atoms with Crippen LogP contribution in [0.15, 0.2) is 30.6 Å². The molecule has 170 valence electrons. The summed E-state index contributed by atoms with van der Waals surface area (Å²) in [4.78, 5) is 14.9. The summed E-state index contributed by atoms with van der Waals surface area (Å²) in [6, 6.07) is 5.68. The van der Waals surface area contributed by atoms with E-state index >= 15 is 0 Å². The highest BCUT2D eigenvalue weighted by Gasteiger charge is 2.33. The lowest BCUT2D eigenvalue weighted by Gasteiger charge is -2.42. The van der Waals surface area contributed by atoms with Crippen LogP contribution in [0.2, 0.25) is 0 Å². The van der Waals surface area contributed by atoms with E-state index in [-0.39, 0.29) is 11.9 Å². The number of nitrogens with two attached hydrogens (primary N) is 1. The van der Waals surface area contributed by atoms with Crippen molar-refractivity contribution in [1.29, 1.82) is 0 Å². The van der Waals surface area contributed by atoms with Gasteiger partial charge in [-0.3, -0.25) is 4.90 Å². The average Bonchev–Trinajstić information content (AvgIpc) is 2.80. The first-order valence-electron chi connectivity index (χ1n) is 11.1. The molecule has 4 rings (SSSR count). The Bertz CT molecular complexity index is 911. The van der Waals surface area contributed by atoms with Gasteiger partial charge in [0.25, 0.3) is 0 Å². The van der Waals surface area contributed by atoms with Crippen LogP contribution in [0, 0.1) is 0 Å². The van der Waals surface area contributed by atoms with Crippen LogP contribution in [-0.4, -0.2) is 73.4 Å². The Labute approximate surface area is 188 Å². The second kappa shape index (κ2) is 9.66. The van der Waals surface area contributed by atoms with E-state index in [4.69, 9.17) is 13.6 Å². The van der Waals surface area contributed by atoms with Crippen molar-refractivity contribution < 1.29 is 13.2 Å². The van der Waals surface area contributed by atoms with Gasteiger partial charge in [-0.05, 0) is 49.1 Å². The minimum Gasteiger partial charge on any atom is -0.384 e. The van der Waals surface area contributed by atoms with Crippen molar-refractivity contribution in [2.75, 3.05) is 56.4 Å². The number of rotatable bonds is 5. The second-order valence-corrected chi connectivity index (χ2v) is 8.52. The normalized spacial score (nSPS) is 19.8. The first kappa shape index (κ1) is 22.9. The predicted molar refractivity (Wildman–Crippen MR) is 120 cm³/mol. The Morgan fingerprint density at radius 2 is 1.72 bits per heavy atom. The van der Waals surface area contributed by atoms with Crippen LogP contribution in [0.4, 0.5) is 24.8 Å². The van der Waals surface area contributed by atoms with Gasteiger partial charge in [-0.25, -0.2) is 9.97 Å². The van der Waals surface area contributed by atoms with Gasteiger partial charge in [0.05, 0.1) is 5.56 Å². The van der Waals surface area contributed by atoms with Crippen molar-refractivity contribution in [3.05, 3.63) is 41.7 Å². The van der Waals surface area contributed by atoms with Crippen LogP contribution in [-0.2, 0) is 6.18 Å². The lowest BCUT2D eigenvalue weighted by Crippen LogP contribution is -2.51. The first-order chi connectivity index (χ1) is 15.3. The minimum atomic E-state index is -4.35. The summed E-state index contributed by atoms with van der Waals surface area (Å²) < 4.78 is 40.1. The highest BCUT2D eigenvalue weighted by Crippen LogP contribution is 2.33. The number of piperazine rings is 1. The molecule has 0 spiro atoms. The van der Waals surface area contributed by atoms with Gasteiger partial charge in [0.2, 0.25) is 0 Å². The molecular formula is C22H28BF3N6. The smallest absolute Gasteiger partial charge is 0.384 e. The van der Waals surface area contributed by atoms with E-state index in [2.05, 4.69) is 24.7 Å². The fourth-order valence-corrected chi connectivity index (χ4v) is 4.64. The van der Waals surface area contributed by atoms with Gasteiger partial charge in [-0.2, -0.15) is 13.2 Å². The zero-order chi connectivity index (χ0) is 22.7. The van der Waals surface area contributed by atoms with Gasteiger partial charge in [-0.15, -0.1) is 0 Å². The van der Waals surface area contributed by atoms with Crippen molar-refractivity contribution in [1.82, 2.24) is 19.8 Å². The molecule has 1 atom stereocenters. The lowest BCUT2D eigenvalue weighted by atomic mass is 9.96. The number of likely N-dealkylation sites (tertiary alicyclic amines) is 1. The number of nitrogen functional groups attached to an aromatic ring is 1. The first-order valence-corrected chi connectivity index (χ1v) is 11.1. The highest BCUT2D eigenvalue weighted by molar-refractivity contribution is 6.38. The number of nitrogens with zero attached hydrogens (tertiary/aromatic N) is 5. The summed E-state index contributed by atoms with van der Waals surface area (Å²) in [6.07, 6.45) is 0.534. The highest BCUT2D eigenvalue weighted by atomic mass is 19.4. The Kier molecular flexibility index (Phi) is 6.90. The molecule has 1 aromatic heterocycles. The van der Waals surface area contributed by atoms with Crippen molar-refractivity contribution >= 4 is 24.9 Å². The van der Waals surface area contributed by atoms with Crippen LogP contribution >= 0.6 is 0 Å². The van der Waals surface area contributed by atoms with E-state index in [9.17, 15) is 13.2 Å². The van der Waals surface area contributed by atoms with Crippen LogP contribution in [0.5, 0.6) is 0 Å². The molecule has 2 saturated heterocycles. The van der Waals surface area contributed by atoms with Crippen molar-refractivity contribution in [3.63, 3.8) is 0 Å². The molecule has 2 fully saturated rings. The van der Waals surface area contributed by atoms with E-state index in [1.54, 1.807) is 0 Å². The molecule has 0 aliphatic carbocycles. The SMILES string of the molecule is [B]c1c(N)ncnc1N1CCN(C(CN2CCCCC2)c2cccc(C(F)(F)F)c2)CC1. The number of alkyl halides is 3. The minimum absolute atomic E-state index is 0.106. The molecule has 2 radical (unpaired) electrons. The summed E-state index contributed by atoms with van der Waals surface area (Å²) in [7, 11) is 6.06. The largest absolute Gasteiger partial charge is 0.416 e. The quantitative estimate of drug-likeness (QED) is 0.714. The average molecular weight is 444 g/mol. The maximum atomic E-state index is 13.4. The number of hydrogen-bond acceptors (Lipinski definition) is 6. The fourth-order valence-electron chi connectivity index (χ4n) is 4.64. The molecule has 6 nitrogen and oxygen atoms in total. The molecule has 2 aliphatic rings. The second-order valence-electron chi connectivity index (χ2n) is 8.52. The number of aromatic nitrogens is 2. The third-order valence-corrected chi connectivity index (χ3v) is 6.43. The molecule has 32 heavy (non-hydrogen) atoms. The molecule has 0 saturated carbocycles. The number of hydrogen-bond donors (Lipinski definition) is 1. The third-order valence-electron chi connectivity index (χ3n) is 6.43. The fraction of sp³-hybridized carbons (Fsp3) is 0.545. The van der Waals surface area contributed by atoms with Gasteiger partial charge in [0.15, 0.2) is 0 Å². The predicted octanol–water partition coefficient (Wildman–Crippen LogP) is 2.22. The van der Waals surface area contributed by atoms with Gasteiger partial charge in [-0.1, -0.05) is 18.6 Å². The standard InChI is InChI=1S/C22H28BF3N6/c23-19-20(27)28-15-29-21(19)32-11-9-31(10-12-32)18(14-30-7-2-1-3-8-30)16-5-4-6-17(13-16)22(24,25)26/h4-6,13,15,18H,1-3,7-12,14H2,(H2,27,28,29). The van der Waals surface area contributed by atoms with Crippen molar-refractivity contribution in [2.45, 2.75) is 31.5 Å². The van der Waals surface area contributed by atoms with Gasteiger partial charge in [0, 0.05) is 38.8 Å².